The molecule has 9 heteroatoms. The number of carbonyl (C=O) groups is 1. The first-order valence-corrected chi connectivity index (χ1v) is 7.99. The summed E-state index contributed by atoms with van der Waals surface area (Å²) in [6.07, 6.45) is 3.27. The van der Waals surface area contributed by atoms with Gasteiger partial charge in [0.05, 0.1) is 5.52 Å². The lowest BCUT2D eigenvalue weighted by atomic mass is 10.3. The zero-order valence-corrected chi connectivity index (χ0v) is 13.1. The summed E-state index contributed by atoms with van der Waals surface area (Å²) in [4.78, 5) is 16.0. The zero-order chi connectivity index (χ0) is 14.8. The van der Waals surface area contributed by atoms with Crippen molar-refractivity contribution in [2.45, 2.75) is 11.6 Å². The highest BCUT2D eigenvalue weighted by molar-refractivity contribution is 7.90. The molecule has 2 heterocycles. The third-order valence-electron chi connectivity index (χ3n) is 2.73. The lowest BCUT2D eigenvalue weighted by molar-refractivity contribution is 0.0950. The molecule has 2 aromatic rings. The van der Waals surface area contributed by atoms with E-state index in [1.165, 1.54) is 4.40 Å². The smallest absolute Gasteiger partial charge is 0.272 e. The molecular formula is C12H17ClN4O3S. The van der Waals surface area contributed by atoms with Crippen LogP contribution in [0.25, 0.3) is 5.52 Å². The Balaban J connectivity index is 0.00000220. The van der Waals surface area contributed by atoms with Crippen molar-refractivity contribution in [3.63, 3.8) is 0 Å². The third kappa shape index (κ3) is 3.72. The minimum atomic E-state index is -3.52. The van der Waals surface area contributed by atoms with Crippen LogP contribution in [0, 0.1) is 0 Å². The first-order valence-electron chi connectivity index (χ1n) is 6.10. The molecule has 2 rings (SSSR count). The summed E-state index contributed by atoms with van der Waals surface area (Å²) in [5, 5.41) is 2.53. The van der Waals surface area contributed by atoms with Crippen LogP contribution in [0.2, 0.25) is 0 Å². The van der Waals surface area contributed by atoms with E-state index in [-0.39, 0.29) is 23.3 Å². The van der Waals surface area contributed by atoms with Crippen LogP contribution in [0.3, 0.4) is 0 Å². The first-order chi connectivity index (χ1) is 9.45. The monoisotopic (exact) mass is 332 g/mol. The molecule has 0 saturated heterocycles. The Morgan fingerprint density at radius 3 is 2.76 bits per heavy atom. The molecule has 3 N–H and O–H groups in total. The fourth-order valence-corrected chi connectivity index (χ4v) is 2.60. The number of hydrogen-bond acceptors (Lipinski definition) is 5. The molecule has 2 aromatic heterocycles. The van der Waals surface area contributed by atoms with Crippen molar-refractivity contribution in [1.82, 2.24) is 14.7 Å². The van der Waals surface area contributed by atoms with E-state index < -0.39 is 15.7 Å². The Morgan fingerprint density at radius 2 is 2.14 bits per heavy atom. The van der Waals surface area contributed by atoms with Gasteiger partial charge in [-0.3, -0.25) is 9.20 Å². The maximum Gasteiger partial charge on any atom is 0.272 e. The third-order valence-corrected chi connectivity index (χ3v) is 3.68. The van der Waals surface area contributed by atoms with Gasteiger partial charge >= 0.3 is 0 Å². The van der Waals surface area contributed by atoms with Crippen LogP contribution in [-0.2, 0) is 9.84 Å². The lowest BCUT2D eigenvalue weighted by Gasteiger charge is -2.01. The zero-order valence-electron chi connectivity index (χ0n) is 11.4. The van der Waals surface area contributed by atoms with Gasteiger partial charge in [-0.2, -0.15) is 0 Å². The van der Waals surface area contributed by atoms with E-state index in [0.717, 1.165) is 6.26 Å². The molecule has 0 atom stereocenters. The summed E-state index contributed by atoms with van der Waals surface area (Å²) < 4.78 is 24.8. The number of fused-ring (bicyclic) bond motifs is 1. The number of halogens is 1. The summed E-state index contributed by atoms with van der Waals surface area (Å²) in [6, 6.07) is 5.05. The van der Waals surface area contributed by atoms with Crippen molar-refractivity contribution in [3.05, 3.63) is 30.1 Å². The van der Waals surface area contributed by atoms with Gasteiger partial charge in [0.1, 0.15) is 0 Å². The number of rotatable bonds is 5. The molecule has 1 amide bonds. The Hall–Kier alpha value is -1.64. The topological polar surface area (TPSA) is 107 Å². The van der Waals surface area contributed by atoms with Gasteiger partial charge in [0.25, 0.3) is 5.91 Å². The van der Waals surface area contributed by atoms with Gasteiger partial charge in [0.15, 0.2) is 5.69 Å². The molecule has 0 aliphatic carbocycles. The molecule has 0 saturated carbocycles. The average Bonchev–Trinajstić information content (AvgIpc) is 2.78. The second kappa shape index (κ2) is 6.88. The van der Waals surface area contributed by atoms with E-state index in [4.69, 9.17) is 5.73 Å². The van der Waals surface area contributed by atoms with Crippen molar-refractivity contribution in [3.8, 4) is 0 Å². The van der Waals surface area contributed by atoms with Gasteiger partial charge in [-0.25, -0.2) is 13.4 Å². The van der Waals surface area contributed by atoms with Crippen LogP contribution < -0.4 is 11.1 Å². The largest absolute Gasteiger partial charge is 0.351 e. The van der Waals surface area contributed by atoms with E-state index in [1.54, 1.807) is 24.4 Å². The molecule has 0 fully saturated rings. The number of nitrogens with zero attached hydrogens (tertiary/aromatic N) is 2. The van der Waals surface area contributed by atoms with E-state index in [2.05, 4.69) is 10.3 Å². The number of hydrogen-bond donors (Lipinski definition) is 2. The molecule has 116 valence electrons. The molecule has 0 aliphatic heterocycles. The maximum absolute atomic E-state index is 12.1. The second-order valence-electron chi connectivity index (χ2n) is 4.37. The van der Waals surface area contributed by atoms with Gasteiger partial charge in [-0.05, 0) is 25.1 Å². The standard InChI is InChI=1S/C12H16N4O3S.ClH/c1-20(18,19)12-15-10(11(17)14-7-4-6-13)9-5-2-3-8-16(9)12;/h2-3,5,8H,4,6-7,13H2,1H3,(H,14,17);1H. The van der Waals surface area contributed by atoms with Crippen LogP contribution in [0.5, 0.6) is 0 Å². The molecule has 21 heavy (non-hydrogen) atoms. The quantitative estimate of drug-likeness (QED) is 0.763. The molecule has 0 bridgehead atoms. The first kappa shape index (κ1) is 17.4. The van der Waals surface area contributed by atoms with Gasteiger partial charge < -0.3 is 11.1 Å². The molecule has 0 radical (unpaired) electrons. The predicted octanol–water partition coefficient (Wildman–Crippen LogP) is 0.238. The van der Waals surface area contributed by atoms with Crippen LogP contribution >= 0.6 is 12.4 Å². The molecule has 0 aromatic carbocycles. The summed E-state index contributed by atoms with van der Waals surface area (Å²) in [5.41, 5.74) is 5.91. The molecule has 0 unspecified atom stereocenters. The van der Waals surface area contributed by atoms with Gasteiger partial charge in [0, 0.05) is 19.0 Å². The number of imidazole rings is 1. The average molecular weight is 333 g/mol. The van der Waals surface area contributed by atoms with Gasteiger partial charge in [0.2, 0.25) is 15.0 Å². The van der Waals surface area contributed by atoms with Crippen molar-refractivity contribution in [1.29, 1.82) is 0 Å². The summed E-state index contributed by atoms with van der Waals surface area (Å²) in [5.74, 6) is -0.406. The normalized spacial score (nSPS) is 11.1. The fourth-order valence-electron chi connectivity index (χ4n) is 1.83. The minimum Gasteiger partial charge on any atom is -0.351 e. The Bertz CT molecular complexity index is 742. The van der Waals surface area contributed by atoms with Gasteiger partial charge in [-0.15, -0.1) is 12.4 Å². The Kier molecular flexibility index (Phi) is 5.70. The Labute approximate surface area is 128 Å². The number of amides is 1. The number of aromatic nitrogens is 2. The lowest BCUT2D eigenvalue weighted by Crippen LogP contribution is -2.26. The van der Waals surface area contributed by atoms with E-state index in [9.17, 15) is 13.2 Å². The van der Waals surface area contributed by atoms with Crippen LogP contribution in [0.1, 0.15) is 16.9 Å². The highest BCUT2D eigenvalue weighted by Gasteiger charge is 2.22. The summed E-state index contributed by atoms with van der Waals surface area (Å²) >= 11 is 0. The van der Waals surface area contributed by atoms with Crippen molar-refractivity contribution < 1.29 is 13.2 Å². The van der Waals surface area contributed by atoms with Crippen LogP contribution in [0.15, 0.2) is 29.6 Å². The fraction of sp³-hybridized carbons (Fsp3) is 0.333. The summed E-state index contributed by atoms with van der Waals surface area (Å²) in [7, 11) is -3.52. The van der Waals surface area contributed by atoms with Crippen molar-refractivity contribution >= 4 is 33.7 Å². The van der Waals surface area contributed by atoms with Crippen LogP contribution in [0.4, 0.5) is 0 Å². The Morgan fingerprint density at radius 1 is 1.43 bits per heavy atom. The molecule has 0 aliphatic rings. The van der Waals surface area contributed by atoms with E-state index in [1.807, 2.05) is 0 Å². The van der Waals surface area contributed by atoms with E-state index >= 15 is 0 Å². The maximum atomic E-state index is 12.1. The number of nitrogens with one attached hydrogen (secondary N) is 1. The predicted molar refractivity (Wildman–Crippen MR) is 81.6 cm³/mol. The highest BCUT2D eigenvalue weighted by Crippen LogP contribution is 2.16. The van der Waals surface area contributed by atoms with Crippen LogP contribution in [-0.4, -0.2) is 43.1 Å². The molecule has 7 nitrogen and oxygen atoms in total. The van der Waals surface area contributed by atoms with E-state index in [0.29, 0.717) is 25.0 Å². The highest BCUT2D eigenvalue weighted by atomic mass is 35.5. The summed E-state index contributed by atoms with van der Waals surface area (Å²) in [6.45, 7) is 0.897. The second-order valence-corrected chi connectivity index (χ2v) is 6.28. The number of sulfone groups is 1. The van der Waals surface area contributed by atoms with Crippen molar-refractivity contribution in [2.75, 3.05) is 19.3 Å². The van der Waals surface area contributed by atoms with Gasteiger partial charge in [-0.1, -0.05) is 6.07 Å². The molecule has 0 spiro atoms. The number of nitrogens with two attached hydrogens (primary N) is 1. The number of carbonyl (C=O) groups excluding carboxylic acids is 1. The minimum absolute atomic E-state index is 0. The number of pyridine rings is 1. The van der Waals surface area contributed by atoms with Crippen molar-refractivity contribution in [2.24, 2.45) is 5.73 Å². The molecular weight excluding hydrogens is 316 g/mol. The SMILES string of the molecule is CS(=O)(=O)c1nc(C(=O)NCCCN)c2ccccn12.Cl.